The Kier molecular flexibility index (Phi) is 5.09. The fraction of sp³-hybridized carbons (Fsp3) is 0.800. The first kappa shape index (κ1) is 14.9. The van der Waals surface area contributed by atoms with Gasteiger partial charge in [-0.05, 0) is 6.92 Å². The van der Waals surface area contributed by atoms with Gasteiger partial charge >= 0.3 is 12.0 Å². The van der Waals surface area contributed by atoms with Crippen LogP contribution in [0.3, 0.4) is 0 Å². The molecule has 2 unspecified atom stereocenters. The standard InChI is InChI=1S/C10H18N2O5S/c1-6(18(2)17)4-11-10(16)12-5-7(13)3-8(12)9(14)15/h6-8,13H,3-5H2,1-2H3,(H,11,16)(H,14,15)/t6?,7-,8-,18?/m0/s1. The van der Waals surface area contributed by atoms with Crippen LogP contribution in [0.5, 0.6) is 0 Å². The van der Waals surface area contributed by atoms with Gasteiger partial charge in [-0.25, -0.2) is 9.59 Å². The lowest BCUT2D eigenvalue weighted by Crippen LogP contribution is -2.47. The smallest absolute Gasteiger partial charge is 0.326 e. The molecule has 0 radical (unpaired) electrons. The first-order valence-corrected chi connectivity index (χ1v) is 7.22. The van der Waals surface area contributed by atoms with E-state index in [-0.39, 0.29) is 24.8 Å². The van der Waals surface area contributed by atoms with Crippen molar-refractivity contribution in [3.63, 3.8) is 0 Å². The fourth-order valence-corrected chi connectivity index (χ4v) is 2.04. The lowest BCUT2D eigenvalue weighted by molar-refractivity contribution is -0.141. The summed E-state index contributed by atoms with van der Waals surface area (Å²) in [6.45, 7) is 1.94. The molecule has 0 aromatic heterocycles. The molecule has 1 fully saturated rings. The van der Waals surface area contributed by atoms with Crippen LogP contribution in [0, 0.1) is 0 Å². The average Bonchev–Trinajstić information content (AvgIpc) is 2.67. The van der Waals surface area contributed by atoms with Crippen LogP contribution in [0.15, 0.2) is 0 Å². The topological polar surface area (TPSA) is 107 Å². The zero-order chi connectivity index (χ0) is 13.9. The Bertz CT molecular complexity index is 362. The minimum absolute atomic E-state index is 0.00634. The van der Waals surface area contributed by atoms with Gasteiger partial charge in [0.05, 0.1) is 6.10 Å². The number of rotatable bonds is 4. The van der Waals surface area contributed by atoms with E-state index in [4.69, 9.17) is 5.11 Å². The monoisotopic (exact) mass is 278 g/mol. The molecule has 1 aliphatic rings. The molecule has 0 aromatic carbocycles. The van der Waals surface area contributed by atoms with Crippen molar-refractivity contribution in [2.45, 2.75) is 30.7 Å². The molecule has 1 saturated heterocycles. The van der Waals surface area contributed by atoms with Crippen LogP contribution in [0.1, 0.15) is 13.3 Å². The van der Waals surface area contributed by atoms with Gasteiger partial charge in [0.15, 0.2) is 0 Å². The molecule has 4 atom stereocenters. The first-order valence-electron chi connectivity index (χ1n) is 5.60. The molecule has 104 valence electrons. The summed E-state index contributed by atoms with van der Waals surface area (Å²) in [6, 6.07) is -1.54. The number of carboxylic acids is 1. The molecule has 3 N–H and O–H groups in total. The highest BCUT2D eigenvalue weighted by atomic mass is 32.2. The minimum Gasteiger partial charge on any atom is -0.480 e. The van der Waals surface area contributed by atoms with Gasteiger partial charge in [0.25, 0.3) is 0 Å². The molecule has 0 aliphatic carbocycles. The van der Waals surface area contributed by atoms with Gasteiger partial charge < -0.3 is 20.4 Å². The molecule has 1 heterocycles. The van der Waals surface area contributed by atoms with Gasteiger partial charge in [-0.1, -0.05) is 0 Å². The fourth-order valence-electron chi connectivity index (χ4n) is 1.72. The van der Waals surface area contributed by atoms with Crippen LogP contribution in [0.25, 0.3) is 0 Å². The van der Waals surface area contributed by atoms with Crippen molar-refractivity contribution in [1.82, 2.24) is 10.2 Å². The Morgan fingerprint density at radius 3 is 2.67 bits per heavy atom. The van der Waals surface area contributed by atoms with E-state index in [1.165, 1.54) is 6.26 Å². The summed E-state index contributed by atoms with van der Waals surface area (Å²) in [5, 5.41) is 20.7. The summed E-state index contributed by atoms with van der Waals surface area (Å²) in [5.74, 6) is -1.13. The molecule has 8 heteroatoms. The lowest BCUT2D eigenvalue weighted by Gasteiger charge is -2.22. The number of aliphatic hydroxyl groups is 1. The molecular formula is C10H18N2O5S. The van der Waals surface area contributed by atoms with Crippen molar-refractivity contribution in [2.24, 2.45) is 0 Å². The number of carboxylic acid groups (broad SMARTS) is 1. The quantitative estimate of drug-likeness (QED) is 0.610. The van der Waals surface area contributed by atoms with E-state index < -0.39 is 34.9 Å². The van der Waals surface area contributed by atoms with Gasteiger partial charge in [0.1, 0.15) is 6.04 Å². The number of likely N-dealkylation sites (tertiary alicyclic amines) is 1. The number of aliphatic hydroxyl groups excluding tert-OH is 1. The van der Waals surface area contributed by atoms with Crippen LogP contribution in [0.2, 0.25) is 0 Å². The zero-order valence-corrected chi connectivity index (χ0v) is 11.1. The van der Waals surface area contributed by atoms with E-state index in [1.54, 1.807) is 6.92 Å². The highest BCUT2D eigenvalue weighted by Gasteiger charge is 2.38. The second-order valence-corrected chi connectivity index (χ2v) is 6.19. The van der Waals surface area contributed by atoms with Gasteiger partial charge in [0, 0.05) is 41.8 Å². The van der Waals surface area contributed by atoms with Gasteiger partial charge in [-0.3, -0.25) is 4.21 Å². The Morgan fingerprint density at radius 2 is 2.17 bits per heavy atom. The highest BCUT2D eigenvalue weighted by molar-refractivity contribution is 7.84. The molecule has 0 saturated carbocycles. The number of carbonyl (C=O) groups excluding carboxylic acids is 1. The van der Waals surface area contributed by atoms with E-state index >= 15 is 0 Å². The predicted molar refractivity (Wildman–Crippen MR) is 65.7 cm³/mol. The van der Waals surface area contributed by atoms with Crippen LogP contribution in [0.4, 0.5) is 4.79 Å². The number of urea groups is 1. The number of hydrogen-bond donors (Lipinski definition) is 3. The SMILES string of the molecule is CC(CNC(=O)N1C[C@@H](O)C[C@H]1C(=O)O)S(C)=O. The number of aliphatic carboxylic acids is 1. The Morgan fingerprint density at radius 1 is 1.56 bits per heavy atom. The molecule has 0 aromatic rings. The van der Waals surface area contributed by atoms with E-state index in [0.717, 1.165) is 4.90 Å². The Labute approximate surface area is 108 Å². The number of nitrogens with zero attached hydrogens (tertiary/aromatic N) is 1. The highest BCUT2D eigenvalue weighted by Crippen LogP contribution is 2.18. The number of amides is 2. The van der Waals surface area contributed by atoms with Crippen LogP contribution < -0.4 is 5.32 Å². The van der Waals surface area contributed by atoms with Gasteiger partial charge in [-0.15, -0.1) is 0 Å². The van der Waals surface area contributed by atoms with Gasteiger partial charge in [0.2, 0.25) is 0 Å². The van der Waals surface area contributed by atoms with Crippen molar-refractivity contribution < 1.29 is 24.0 Å². The summed E-state index contributed by atoms with van der Waals surface area (Å²) in [5.41, 5.74) is 0. The summed E-state index contributed by atoms with van der Waals surface area (Å²) < 4.78 is 11.1. The largest absolute Gasteiger partial charge is 0.480 e. The average molecular weight is 278 g/mol. The molecule has 1 rings (SSSR count). The van der Waals surface area contributed by atoms with Crippen LogP contribution >= 0.6 is 0 Å². The molecule has 7 nitrogen and oxygen atoms in total. The molecule has 18 heavy (non-hydrogen) atoms. The second-order valence-electron chi connectivity index (χ2n) is 4.39. The third-order valence-corrected chi connectivity index (χ3v) is 4.23. The van der Waals surface area contributed by atoms with Crippen LogP contribution in [-0.2, 0) is 15.6 Å². The molecule has 1 aliphatic heterocycles. The van der Waals surface area contributed by atoms with E-state index in [0.29, 0.717) is 0 Å². The van der Waals surface area contributed by atoms with Crippen molar-refractivity contribution in [2.75, 3.05) is 19.3 Å². The normalized spacial score (nSPS) is 26.7. The maximum absolute atomic E-state index is 11.8. The van der Waals surface area contributed by atoms with Crippen molar-refractivity contribution in [1.29, 1.82) is 0 Å². The summed E-state index contributed by atoms with van der Waals surface area (Å²) >= 11 is 0. The third kappa shape index (κ3) is 3.67. The molecular weight excluding hydrogens is 260 g/mol. The van der Waals surface area contributed by atoms with Crippen molar-refractivity contribution in [3.8, 4) is 0 Å². The molecule has 2 amide bonds. The number of carbonyl (C=O) groups is 2. The van der Waals surface area contributed by atoms with E-state index in [9.17, 15) is 18.9 Å². The number of β-amino-alcohol motifs (C(OH)–C–C–N with tert-alkyl or cyclic N) is 1. The predicted octanol–water partition coefficient (Wildman–Crippen LogP) is -1.02. The van der Waals surface area contributed by atoms with Crippen molar-refractivity contribution in [3.05, 3.63) is 0 Å². The van der Waals surface area contributed by atoms with Crippen molar-refractivity contribution >= 4 is 22.8 Å². The third-order valence-electron chi connectivity index (χ3n) is 2.93. The Balaban J connectivity index is 2.55. The van der Waals surface area contributed by atoms with Crippen LogP contribution in [-0.4, -0.2) is 68.1 Å². The molecule has 0 bridgehead atoms. The number of nitrogens with one attached hydrogen (secondary N) is 1. The first-order chi connectivity index (χ1) is 8.32. The summed E-state index contributed by atoms with van der Waals surface area (Å²) in [6.07, 6.45) is 0.767. The number of hydrogen-bond acceptors (Lipinski definition) is 4. The summed E-state index contributed by atoms with van der Waals surface area (Å²) in [7, 11) is -1.05. The zero-order valence-electron chi connectivity index (χ0n) is 10.3. The second kappa shape index (κ2) is 6.14. The van der Waals surface area contributed by atoms with E-state index in [1.807, 2.05) is 0 Å². The maximum atomic E-state index is 11.8. The lowest BCUT2D eigenvalue weighted by atomic mass is 10.2. The maximum Gasteiger partial charge on any atom is 0.326 e. The van der Waals surface area contributed by atoms with E-state index in [2.05, 4.69) is 5.32 Å². The summed E-state index contributed by atoms with van der Waals surface area (Å²) in [4.78, 5) is 23.8. The van der Waals surface area contributed by atoms with Gasteiger partial charge in [-0.2, -0.15) is 0 Å². The minimum atomic E-state index is -1.13. The molecule has 0 spiro atoms. The Hall–Kier alpha value is -1.15.